The number of benzene rings is 1. The van der Waals surface area contributed by atoms with Gasteiger partial charge in [0, 0.05) is 36.9 Å². The summed E-state index contributed by atoms with van der Waals surface area (Å²) in [5, 5.41) is 8.50. The molecule has 0 bridgehead atoms. The molecule has 2 aromatic rings. The number of carbonyl (C=O) groups excluding carboxylic acids is 1. The van der Waals surface area contributed by atoms with Crippen LogP contribution < -0.4 is 11.1 Å². The number of amides is 1. The maximum Gasteiger partial charge on any atom is 0.232 e. The molecule has 0 aliphatic carbocycles. The van der Waals surface area contributed by atoms with Crippen molar-refractivity contribution in [2.75, 3.05) is 25.1 Å². The lowest BCUT2D eigenvalue weighted by Crippen LogP contribution is -2.46. The van der Waals surface area contributed by atoms with Gasteiger partial charge >= 0.3 is 0 Å². The van der Waals surface area contributed by atoms with Crippen LogP contribution in [0.1, 0.15) is 32.7 Å². The minimum absolute atomic E-state index is 0.0155. The average Bonchev–Trinajstić information content (AvgIpc) is 2.98. The van der Waals surface area contributed by atoms with Gasteiger partial charge in [0.1, 0.15) is 0 Å². The molecule has 23 heavy (non-hydrogen) atoms. The van der Waals surface area contributed by atoms with Crippen molar-refractivity contribution in [3.8, 4) is 0 Å². The van der Waals surface area contributed by atoms with Gasteiger partial charge in [0.25, 0.3) is 0 Å². The van der Waals surface area contributed by atoms with Crippen LogP contribution in [0.2, 0.25) is 0 Å². The van der Waals surface area contributed by atoms with Crippen LogP contribution >= 0.6 is 0 Å². The standard InChI is InChI=1S/C17H24N4O2/c1-12(2)21-15-9-14(4-3-13(15)10-19-21)20-16(22)17(11-18)5-7-23-8-6-17/h3-4,9-10,12H,5-8,11,18H2,1-2H3,(H,20,22). The molecular formula is C17H24N4O2. The molecule has 1 amide bonds. The Balaban J connectivity index is 1.85. The molecule has 1 saturated heterocycles. The Hall–Kier alpha value is -1.92. The highest BCUT2D eigenvalue weighted by atomic mass is 16.5. The van der Waals surface area contributed by atoms with E-state index in [0.717, 1.165) is 16.6 Å². The van der Waals surface area contributed by atoms with Crippen LogP contribution in [0, 0.1) is 5.41 Å². The third kappa shape index (κ3) is 2.96. The van der Waals surface area contributed by atoms with E-state index in [0.29, 0.717) is 32.6 Å². The zero-order valence-corrected chi connectivity index (χ0v) is 13.7. The molecule has 124 valence electrons. The van der Waals surface area contributed by atoms with Crippen LogP contribution in [-0.2, 0) is 9.53 Å². The second-order valence-corrected chi connectivity index (χ2v) is 6.51. The molecule has 0 saturated carbocycles. The van der Waals surface area contributed by atoms with E-state index in [-0.39, 0.29) is 11.9 Å². The molecule has 2 heterocycles. The Morgan fingerprint density at radius 1 is 1.43 bits per heavy atom. The first-order valence-electron chi connectivity index (χ1n) is 8.12. The predicted molar refractivity (Wildman–Crippen MR) is 90.3 cm³/mol. The van der Waals surface area contributed by atoms with Gasteiger partial charge in [-0.25, -0.2) is 0 Å². The Bertz CT molecular complexity index is 702. The van der Waals surface area contributed by atoms with Crippen molar-refractivity contribution in [3.63, 3.8) is 0 Å². The van der Waals surface area contributed by atoms with Gasteiger partial charge < -0.3 is 15.8 Å². The Labute approximate surface area is 136 Å². The molecule has 1 fully saturated rings. The number of aromatic nitrogens is 2. The summed E-state index contributed by atoms with van der Waals surface area (Å²) in [6.45, 7) is 5.69. The van der Waals surface area contributed by atoms with Gasteiger partial charge in [-0.2, -0.15) is 5.10 Å². The van der Waals surface area contributed by atoms with Crippen LogP contribution in [0.15, 0.2) is 24.4 Å². The molecule has 1 aromatic carbocycles. The summed E-state index contributed by atoms with van der Waals surface area (Å²) in [5.41, 5.74) is 7.18. The van der Waals surface area contributed by atoms with E-state index >= 15 is 0 Å². The first kappa shape index (κ1) is 16.0. The number of rotatable bonds is 4. The largest absolute Gasteiger partial charge is 0.381 e. The van der Waals surface area contributed by atoms with Gasteiger partial charge in [-0.05, 0) is 44.9 Å². The summed E-state index contributed by atoms with van der Waals surface area (Å²) in [5.74, 6) is -0.0155. The van der Waals surface area contributed by atoms with Crippen LogP contribution in [0.4, 0.5) is 5.69 Å². The summed E-state index contributed by atoms with van der Waals surface area (Å²) in [6.07, 6.45) is 3.18. The number of nitrogens with one attached hydrogen (secondary N) is 1. The molecule has 0 radical (unpaired) electrons. The van der Waals surface area contributed by atoms with E-state index < -0.39 is 5.41 Å². The summed E-state index contributed by atoms with van der Waals surface area (Å²) < 4.78 is 7.33. The third-order valence-corrected chi connectivity index (χ3v) is 4.67. The number of anilines is 1. The molecule has 0 atom stereocenters. The number of fused-ring (bicyclic) bond motifs is 1. The maximum absolute atomic E-state index is 12.7. The lowest BCUT2D eigenvalue weighted by Gasteiger charge is -2.34. The fraction of sp³-hybridized carbons (Fsp3) is 0.529. The molecular weight excluding hydrogens is 292 g/mol. The van der Waals surface area contributed by atoms with Crippen molar-refractivity contribution in [3.05, 3.63) is 24.4 Å². The fourth-order valence-electron chi connectivity index (χ4n) is 3.08. The third-order valence-electron chi connectivity index (χ3n) is 4.67. The van der Waals surface area contributed by atoms with Crippen molar-refractivity contribution in [2.45, 2.75) is 32.7 Å². The second-order valence-electron chi connectivity index (χ2n) is 6.51. The van der Waals surface area contributed by atoms with E-state index in [4.69, 9.17) is 10.5 Å². The molecule has 1 aliphatic rings. The molecule has 6 nitrogen and oxygen atoms in total. The van der Waals surface area contributed by atoms with Gasteiger partial charge in [0.15, 0.2) is 0 Å². The van der Waals surface area contributed by atoms with Crippen LogP contribution in [0.3, 0.4) is 0 Å². The van der Waals surface area contributed by atoms with Crippen molar-refractivity contribution >= 4 is 22.5 Å². The minimum Gasteiger partial charge on any atom is -0.381 e. The quantitative estimate of drug-likeness (QED) is 0.907. The molecule has 1 aliphatic heterocycles. The van der Waals surface area contributed by atoms with Gasteiger partial charge in [-0.1, -0.05) is 0 Å². The highest BCUT2D eigenvalue weighted by Crippen LogP contribution is 2.31. The number of nitrogens with two attached hydrogens (primary N) is 1. The zero-order valence-electron chi connectivity index (χ0n) is 13.7. The fourth-order valence-corrected chi connectivity index (χ4v) is 3.08. The molecule has 3 N–H and O–H groups in total. The topological polar surface area (TPSA) is 82.2 Å². The van der Waals surface area contributed by atoms with Crippen molar-refractivity contribution in [1.82, 2.24) is 9.78 Å². The van der Waals surface area contributed by atoms with Crippen molar-refractivity contribution in [2.24, 2.45) is 11.1 Å². The summed E-state index contributed by atoms with van der Waals surface area (Å²) in [6, 6.07) is 6.14. The summed E-state index contributed by atoms with van der Waals surface area (Å²) in [7, 11) is 0. The first-order valence-corrected chi connectivity index (χ1v) is 8.12. The minimum atomic E-state index is -0.522. The van der Waals surface area contributed by atoms with Crippen LogP contribution in [-0.4, -0.2) is 35.4 Å². The van der Waals surface area contributed by atoms with Gasteiger partial charge in [-0.15, -0.1) is 0 Å². The highest BCUT2D eigenvalue weighted by Gasteiger charge is 2.38. The van der Waals surface area contributed by atoms with E-state index in [1.165, 1.54) is 0 Å². The summed E-state index contributed by atoms with van der Waals surface area (Å²) >= 11 is 0. The van der Waals surface area contributed by atoms with E-state index in [1.54, 1.807) is 0 Å². The Morgan fingerprint density at radius 2 is 2.17 bits per heavy atom. The first-order chi connectivity index (χ1) is 11.1. The van der Waals surface area contributed by atoms with E-state index in [9.17, 15) is 4.79 Å². The van der Waals surface area contributed by atoms with E-state index in [2.05, 4.69) is 24.3 Å². The number of carbonyl (C=O) groups is 1. The Morgan fingerprint density at radius 3 is 2.83 bits per heavy atom. The number of hydrogen-bond donors (Lipinski definition) is 2. The average molecular weight is 316 g/mol. The van der Waals surface area contributed by atoms with E-state index in [1.807, 2.05) is 29.1 Å². The number of ether oxygens (including phenoxy) is 1. The molecule has 3 rings (SSSR count). The smallest absolute Gasteiger partial charge is 0.232 e. The molecule has 0 unspecified atom stereocenters. The molecule has 6 heteroatoms. The van der Waals surface area contributed by atoms with Gasteiger partial charge in [-0.3, -0.25) is 9.48 Å². The predicted octanol–water partition coefficient (Wildman–Crippen LogP) is 2.31. The Kier molecular flexibility index (Phi) is 4.37. The van der Waals surface area contributed by atoms with Crippen LogP contribution in [0.5, 0.6) is 0 Å². The van der Waals surface area contributed by atoms with Crippen molar-refractivity contribution < 1.29 is 9.53 Å². The number of nitrogens with zero attached hydrogens (tertiary/aromatic N) is 2. The van der Waals surface area contributed by atoms with Gasteiger partial charge in [0.05, 0.1) is 17.1 Å². The zero-order chi connectivity index (χ0) is 16.4. The SMILES string of the molecule is CC(C)n1ncc2ccc(NC(=O)C3(CN)CCOCC3)cc21. The lowest BCUT2D eigenvalue weighted by atomic mass is 9.79. The highest BCUT2D eigenvalue weighted by molar-refractivity contribution is 5.97. The lowest BCUT2D eigenvalue weighted by molar-refractivity contribution is -0.130. The molecule has 1 aromatic heterocycles. The number of hydrogen-bond acceptors (Lipinski definition) is 4. The van der Waals surface area contributed by atoms with Gasteiger partial charge in [0.2, 0.25) is 5.91 Å². The second kappa shape index (κ2) is 6.29. The molecule has 0 spiro atoms. The summed E-state index contributed by atoms with van der Waals surface area (Å²) in [4.78, 5) is 12.7. The maximum atomic E-state index is 12.7. The van der Waals surface area contributed by atoms with Crippen molar-refractivity contribution in [1.29, 1.82) is 0 Å². The monoisotopic (exact) mass is 316 g/mol. The van der Waals surface area contributed by atoms with Crippen LogP contribution in [0.25, 0.3) is 10.9 Å². The normalized spacial score (nSPS) is 17.6.